The number of rotatable bonds is 11. The molecule has 13 heteroatoms. The van der Waals surface area contributed by atoms with Gasteiger partial charge in [-0.15, -0.1) is 11.3 Å². The molecule has 2 aliphatic heterocycles. The Bertz CT molecular complexity index is 1320. The maximum atomic E-state index is 13.1. The third-order valence-electron chi connectivity index (χ3n) is 7.48. The number of halogens is 1. The summed E-state index contributed by atoms with van der Waals surface area (Å²) >= 11 is 9.27. The maximum Gasteiger partial charge on any atom is 0.305 e. The number of amides is 1. The summed E-state index contributed by atoms with van der Waals surface area (Å²) in [5, 5.41) is 6.07. The van der Waals surface area contributed by atoms with Crippen LogP contribution in [-0.2, 0) is 16.1 Å². The molecule has 0 saturated carbocycles. The molecule has 41 heavy (non-hydrogen) atoms. The van der Waals surface area contributed by atoms with Gasteiger partial charge in [-0.2, -0.15) is 0 Å². The van der Waals surface area contributed by atoms with Gasteiger partial charge in [-0.05, 0) is 52.3 Å². The summed E-state index contributed by atoms with van der Waals surface area (Å²) in [6, 6.07) is 2.46. The summed E-state index contributed by atoms with van der Waals surface area (Å²) in [4.78, 5) is 47.4. The molecule has 2 saturated heterocycles. The predicted molar refractivity (Wildman–Crippen MR) is 164 cm³/mol. The molecule has 220 valence electrons. The van der Waals surface area contributed by atoms with Crippen molar-refractivity contribution < 1.29 is 14.3 Å². The van der Waals surface area contributed by atoms with Gasteiger partial charge in [0.1, 0.15) is 11.5 Å². The molecule has 1 atom stereocenters. The summed E-state index contributed by atoms with van der Waals surface area (Å²) in [5.41, 5.74) is 1.12. The van der Waals surface area contributed by atoms with Crippen molar-refractivity contribution in [2.75, 3.05) is 56.1 Å². The van der Waals surface area contributed by atoms with Crippen molar-refractivity contribution in [1.29, 1.82) is 0 Å². The normalized spacial score (nSPS) is 18.1. The van der Waals surface area contributed by atoms with E-state index in [4.69, 9.17) is 21.3 Å². The lowest BCUT2D eigenvalue weighted by Gasteiger charge is -2.35. The quantitative estimate of drug-likeness (QED) is 0.297. The Balaban J connectivity index is 1.17. The third kappa shape index (κ3) is 7.81. The van der Waals surface area contributed by atoms with E-state index in [0.717, 1.165) is 73.5 Å². The number of nitrogens with zero attached hydrogens (tertiary/aromatic N) is 6. The van der Waals surface area contributed by atoms with Crippen molar-refractivity contribution in [3.8, 4) is 10.6 Å². The summed E-state index contributed by atoms with van der Waals surface area (Å²) in [7, 11) is 0. The Kier molecular flexibility index (Phi) is 10.2. The van der Waals surface area contributed by atoms with Crippen LogP contribution >= 0.6 is 34.3 Å². The Morgan fingerprint density at radius 1 is 1.17 bits per heavy atom. The zero-order chi connectivity index (χ0) is 28.8. The number of carbonyl (C=O) groups is 2. The first-order valence-corrected chi connectivity index (χ1v) is 16.2. The molecule has 10 nitrogen and oxygen atoms in total. The highest BCUT2D eigenvalue weighted by atomic mass is 35.5. The molecule has 0 radical (unpaired) electrons. The van der Waals surface area contributed by atoms with Crippen molar-refractivity contribution in [2.24, 2.45) is 0 Å². The number of ether oxygens (including phenoxy) is 1. The number of nitrogens with one attached hydrogen (secondary N) is 1. The molecule has 1 amide bonds. The fourth-order valence-corrected chi connectivity index (χ4v) is 7.35. The standard InChI is InChI=1S/C28H36ClN7O3S2/c1-3-39-25(37)7-5-8-34-10-12-35(13-11-34)24-16-30-21(15-31-24)27(38)33-28-32-26(22-14-20(29)18-40-22)23(41-28)17-36-9-4-6-19(36)2/h14-16,18-19H,3-13,17H2,1-2H3,(H,32,33,38)/t19-/m1/s1. The van der Waals surface area contributed by atoms with Crippen LogP contribution < -0.4 is 10.2 Å². The first-order chi connectivity index (χ1) is 19.9. The third-order valence-corrected chi connectivity index (χ3v) is 9.72. The summed E-state index contributed by atoms with van der Waals surface area (Å²) in [6.45, 7) is 10.6. The van der Waals surface area contributed by atoms with Crippen LogP contribution in [0.25, 0.3) is 10.6 Å². The maximum absolute atomic E-state index is 13.1. The number of anilines is 2. The highest BCUT2D eigenvalue weighted by Gasteiger charge is 2.25. The molecule has 0 unspecified atom stereocenters. The zero-order valence-corrected chi connectivity index (χ0v) is 25.9. The second-order valence-electron chi connectivity index (χ2n) is 10.3. The van der Waals surface area contributed by atoms with Crippen LogP contribution in [0.3, 0.4) is 0 Å². The van der Waals surface area contributed by atoms with Crippen molar-refractivity contribution in [3.63, 3.8) is 0 Å². The molecule has 3 aromatic heterocycles. The van der Waals surface area contributed by atoms with Crippen molar-refractivity contribution in [3.05, 3.63) is 39.4 Å². The van der Waals surface area contributed by atoms with Crippen molar-refractivity contribution >= 4 is 57.1 Å². The zero-order valence-electron chi connectivity index (χ0n) is 23.5. The van der Waals surface area contributed by atoms with Crippen LogP contribution in [0.4, 0.5) is 10.9 Å². The van der Waals surface area contributed by atoms with Gasteiger partial charge in [-0.25, -0.2) is 15.0 Å². The van der Waals surface area contributed by atoms with Gasteiger partial charge in [0.05, 0.1) is 34.6 Å². The average Bonchev–Trinajstić information content (AvgIpc) is 3.69. The van der Waals surface area contributed by atoms with E-state index < -0.39 is 0 Å². The molecular weight excluding hydrogens is 582 g/mol. The van der Waals surface area contributed by atoms with E-state index in [1.165, 1.54) is 30.4 Å². The molecular formula is C28H36ClN7O3S2. The van der Waals surface area contributed by atoms with Crippen molar-refractivity contribution in [2.45, 2.75) is 52.1 Å². The highest BCUT2D eigenvalue weighted by molar-refractivity contribution is 7.17. The van der Waals surface area contributed by atoms with E-state index in [0.29, 0.717) is 29.2 Å². The number of thiophene rings is 1. The Labute approximate surface area is 253 Å². The Morgan fingerprint density at radius 2 is 2.00 bits per heavy atom. The summed E-state index contributed by atoms with van der Waals surface area (Å²) in [6.07, 6.45) is 6.83. The minimum atomic E-state index is -0.332. The molecule has 1 N–H and O–H groups in total. The summed E-state index contributed by atoms with van der Waals surface area (Å²) < 4.78 is 5.00. The monoisotopic (exact) mass is 617 g/mol. The van der Waals surface area contributed by atoms with E-state index in [9.17, 15) is 9.59 Å². The van der Waals surface area contributed by atoms with Gasteiger partial charge in [0.15, 0.2) is 5.13 Å². The lowest BCUT2D eigenvalue weighted by atomic mass is 10.2. The fourth-order valence-electron chi connectivity index (χ4n) is 5.20. The number of esters is 1. The van der Waals surface area contributed by atoms with Crippen LogP contribution in [0.5, 0.6) is 0 Å². The highest BCUT2D eigenvalue weighted by Crippen LogP contribution is 2.37. The summed E-state index contributed by atoms with van der Waals surface area (Å²) in [5.74, 6) is 0.285. The Morgan fingerprint density at radius 3 is 2.66 bits per heavy atom. The van der Waals surface area contributed by atoms with Gasteiger partial charge in [0, 0.05) is 55.4 Å². The predicted octanol–water partition coefficient (Wildman–Crippen LogP) is 5.02. The van der Waals surface area contributed by atoms with Gasteiger partial charge in [-0.1, -0.05) is 22.9 Å². The molecule has 2 aliphatic rings. The number of likely N-dealkylation sites (tertiary alicyclic amines) is 1. The molecule has 5 rings (SSSR count). The van der Waals surface area contributed by atoms with E-state index in [-0.39, 0.29) is 17.6 Å². The number of thiazole rings is 1. The lowest BCUT2D eigenvalue weighted by molar-refractivity contribution is -0.143. The van der Waals surface area contributed by atoms with Gasteiger partial charge >= 0.3 is 5.97 Å². The van der Waals surface area contributed by atoms with Crippen LogP contribution in [0.2, 0.25) is 5.02 Å². The number of hydrogen-bond donors (Lipinski definition) is 1. The van der Waals surface area contributed by atoms with E-state index >= 15 is 0 Å². The number of aromatic nitrogens is 3. The van der Waals surface area contributed by atoms with Gasteiger partial charge in [0.25, 0.3) is 5.91 Å². The number of piperazine rings is 1. The lowest BCUT2D eigenvalue weighted by Crippen LogP contribution is -2.47. The minimum Gasteiger partial charge on any atom is -0.466 e. The minimum absolute atomic E-state index is 0.134. The Hall–Kier alpha value is -2.64. The topological polar surface area (TPSA) is 104 Å². The molecule has 2 fully saturated rings. The second-order valence-corrected chi connectivity index (χ2v) is 12.8. The number of carbonyl (C=O) groups excluding carboxylic acids is 2. The van der Waals surface area contributed by atoms with E-state index in [1.807, 2.05) is 18.4 Å². The second kappa shape index (κ2) is 14.0. The fraction of sp³-hybridized carbons (Fsp3) is 0.536. The van der Waals surface area contributed by atoms with Crippen LogP contribution in [0, 0.1) is 0 Å². The smallest absolute Gasteiger partial charge is 0.305 e. The molecule has 0 aliphatic carbocycles. The first kappa shape index (κ1) is 29.8. The van der Waals surface area contributed by atoms with Gasteiger partial charge < -0.3 is 9.64 Å². The molecule has 0 aromatic carbocycles. The van der Waals surface area contributed by atoms with Crippen molar-refractivity contribution in [1.82, 2.24) is 24.8 Å². The van der Waals surface area contributed by atoms with E-state index in [1.54, 1.807) is 17.5 Å². The SMILES string of the molecule is CCOC(=O)CCCN1CCN(c2cnc(C(=O)Nc3nc(-c4cc(Cl)cs4)c(CN4CCC[C@H]4C)s3)cn2)CC1. The molecule has 0 bridgehead atoms. The largest absolute Gasteiger partial charge is 0.466 e. The molecule has 3 aromatic rings. The van der Waals surface area contributed by atoms with Gasteiger partial charge in [-0.3, -0.25) is 24.7 Å². The van der Waals surface area contributed by atoms with Crippen LogP contribution in [0.15, 0.2) is 23.8 Å². The molecule has 0 spiro atoms. The van der Waals surface area contributed by atoms with Gasteiger partial charge in [0.2, 0.25) is 0 Å². The first-order valence-electron chi connectivity index (χ1n) is 14.1. The van der Waals surface area contributed by atoms with E-state index in [2.05, 4.69) is 36.9 Å². The molecule has 5 heterocycles. The van der Waals surface area contributed by atoms with Crippen LogP contribution in [-0.4, -0.2) is 88.5 Å². The average molecular weight is 618 g/mol. The van der Waals surface area contributed by atoms with Crippen LogP contribution in [0.1, 0.15) is 54.9 Å². The number of hydrogen-bond acceptors (Lipinski definition) is 11.